The maximum atomic E-state index is 5.86. The zero-order chi connectivity index (χ0) is 10.7. The van der Waals surface area contributed by atoms with Gasteiger partial charge < -0.3 is 15.4 Å². The number of nitrogens with two attached hydrogens (primary N) is 1. The van der Waals surface area contributed by atoms with E-state index in [2.05, 4.69) is 26.9 Å². The summed E-state index contributed by atoms with van der Waals surface area (Å²) in [4.78, 5) is 2.31. The standard InChI is InChI=1S/C11H15BrN2O/c12-8-9-5-10(13)7-11(6-9)14-1-3-15-4-2-14/h5-7H,1-4,8,13H2. The molecule has 0 bridgehead atoms. The van der Waals surface area contributed by atoms with E-state index < -0.39 is 0 Å². The fourth-order valence-electron chi connectivity index (χ4n) is 1.78. The highest BCUT2D eigenvalue weighted by molar-refractivity contribution is 9.08. The molecule has 1 aromatic carbocycles. The second kappa shape index (κ2) is 4.86. The number of alkyl halides is 1. The van der Waals surface area contributed by atoms with Crippen LogP contribution in [0.4, 0.5) is 11.4 Å². The molecule has 1 aliphatic rings. The third kappa shape index (κ3) is 2.63. The average molecular weight is 271 g/mol. The van der Waals surface area contributed by atoms with Crippen molar-refractivity contribution in [2.45, 2.75) is 5.33 Å². The molecule has 0 radical (unpaired) electrons. The van der Waals surface area contributed by atoms with Gasteiger partial charge in [0.25, 0.3) is 0 Å². The van der Waals surface area contributed by atoms with Gasteiger partial charge in [-0.05, 0) is 23.8 Å². The monoisotopic (exact) mass is 270 g/mol. The average Bonchev–Trinajstić information content (AvgIpc) is 2.29. The summed E-state index contributed by atoms with van der Waals surface area (Å²) in [6, 6.07) is 6.20. The van der Waals surface area contributed by atoms with E-state index in [0.29, 0.717) is 0 Å². The van der Waals surface area contributed by atoms with E-state index in [-0.39, 0.29) is 0 Å². The first-order chi connectivity index (χ1) is 7.29. The van der Waals surface area contributed by atoms with Crippen molar-refractivity contribution < 1.29 is 4.74 Å². The van der Waals surface area contributed by atoms with Crippen molar-refractivity contribution in [3.63, 3.8) is 0 Å². The highest BCUT2D eigenvalue weighted by Crippen LogP contribution is 2.22. The number of morpholine rings is 1. The van der Waals surface area contributed by atoms with Crippen LogP contribution in [0, 0.1) is 0 Å². The Morgan fingerprint density at radius 3 is 2.67 bits per heavy atom. The summed E-state index contributed by atoms with van der Waals surface area (Å²) in [5, 5.41) is 0.843. The largest absolute Gasteiger partial charge is 0.399 e. The van der Waals surface area contributed by atoms with Crippen molar-refractivity contribution in [1.82, 2.24) is 0 Å². The van der Waals surface area contributed by atoms with E-state index >= 15 is 0 Å². The molecule has 1 aromatic rings. The van der Waals surface area contributed by atoms with Gasteiger partial charge in [-0.25, -0.2) is 0 Å². The van der Waals surface area contributed by atoms with Gasteiger partial charge in [0.05, 0.1) is 13.2 Å². The Balaban J connectivity index is 2.22. The van der Waals surface area contributed by atoms with E-state index in [1.165, 1.54) is 11.3 Å². The summed E-state index contributed by atoms with van der Waals surface area (Å²) in [7, 11) is 0. The Bertz CT molecular complexity index is 337. The molecule has 0 spiro atoms. The second-order valence-electron chi connectivity index (χ2n) is 3.67. The molecule has 0 amide bonds. The molecule has 1 heterocycles. The van der Waals surface area contributed by atoms with Crippen LogP contribution in [0.3, 0.4) is 0 Å². The van der Waals surface area contributed by atoms with Crippen molar-refractivity contribution in [1.29, 1.82) is 0 Å². The van der Waals surface area contributed by atoms with E-state index in [9.17, 15) is 0 Å². The molecule has 0 saturated carbocycles. The van der Waals surface area contributed by atoms with Crippen LogP contribution in [0.5, 0.6) is 0 Å². The smallest absolute Gasteiger partial charge is 0.0642 e. The molecular weight excluding hydrogens is 256 g/mol. The molecule has 0 unspecified atom stereocenters. The van der Waals surface area contributed by atoms with Gasteiger partial charge in [0, 0.05) is 29.8 Å². The third-order valence-corrected chi connectivity index (χ3v) is 3.18. The lowest BCUT2D eigenvalue weighted by atomic mass is 10.1. The summed E-state index contributed by atoms with van der Waals surface area (Å²) in [6.07, 6.45) is 0. The first-order valence-corrected chi connectivity index (χ1v) is 6.20. The van der Waals surface area contributed by atoms with Crippen LogP contribution in [0.15, 0.2) is 18.2 Å². The Labute approximate surface area is 98.3 Å². The molecule has 1 aliphatic heterocycles. The normalized spacial score (nSPS) is 16.7. The number of hydrogen-bond acceptors (Lipinski definition) is 3. The predicted octanol–water partition coefficient (Wildman–Crippen LogP) is 2.00. The molecule has 3 nitrogen and oxygen atoms in total. The van der Waals surface area contributed by atoms with E-state index in [4.69, 9.17) is 10.5 Å². The van der Waals surface area contributed by atoms with Crippen LogP contribution in [0.2, 0.25) is 0 Å². The number of hydrogen-bond donors (Lipinski definition) is 1. The molecule has 2 N–H and O–H groups in total. The number of ether oxygens (including phenoxy) is 1. The lowest BCUT2D eigenvalue weighted by Gasteiger charge is -2.29. The zero-order valence-corrected chi connectivity index (χ0v) is 10.2. The maximum Gasteiger partial charge on any atom is 0.0642 e. The van der Waals surface area contributed by atoms with Crippen molar-refractivity contribution in [3.8, 4) is 0 Å². The molecule has 4 heteroatoms. The fourth-order valence-corrected chi connectivity index (χ4v) is 2.10. The number of nitrogens with zero attached hydrogens (tertiary/aromatic N) is 1. The molecular formula is C11H15BrN2O. The minimum Gasteiger partial charge on any atom is -0.399 e. The van der Waals surface area contributed by atoms with Gasteiger partial charge in [-0.3, -0.25) is 0 Å². The van der Waals surface area contributed by atoms with Crippen molar-refractivity contribution in [2.24, 2.45) is 0 Å². The summed E-state index contributed by atoms with van der Waals surface area (Å²) in [5.41, 5.74) is 9.11. The quantitative estimate of drug-likeness (QED) is 0.660. The Morgan fingerprint density at radius 2 is 2.00 bits per heavy atom. The summed E-state index contributed by atoms with van der Waals surface area (Å²) < 4.78 is 5.33. The van der Waals surface area contributed by atoms with Crippen LogP contribution in [0.25, 0.3) is 0 Å². The van der Waals surface area contributed by atoms with Crippen LogP contribution < -0.4 is 10.6 Å². The van der Waals surface area contributed by atoms with Gasteiger partial charge in [0.1, 0.15) is 0 Å². The van der Waals surface area contributed by atoms with Crippen LogP contribution in [-0.4, -0.2) is 26.3 Å². The predicted molar refractivity (Wildman–Crippen MR) is 66.5 cm³/mol. The highest BCUT2D eigenvalue weighted by Gasteiger charge is 2.11. The molecule has 82 valence electrons. The molecule has 1 saturated heterocycles. The summed E-state index contributed by atoms with van der Waals surface area (Å²) >= 11 is 3.45. The second-order valence-corrected chi connectivity index (χ2v) is 4.23. The number of halogens is 1. The Morgan fingerprint density at radius 1 is 1.27 bits per heavy atom. The van der Waals surface area contributed by atoms with Crippen LogP contribution >= 0.6 is 15.9 Å². The van der Waals surface area contributed by atoms with Gasteiger partial charge in [0.2, 0.25) is 0 Å². The van der Waals surface area contributed by atoms with E-state index in [0.717, 1.165) is 37.3 Å². The molecule has 1 fully saturated rings. The molecule has 0 aromatic heterocycles. The Kier molecular flexibility index (Phi) is 3.49. The minimum absolute atomic E-state index is 0.804. The molecule has 0 atom stereocenters. The van der Waals surface area contributed by atoms with Crippen molar-refractivity contribution in [2.75, 3.05) is 36.9 Å². The SMILES string of the molecule is Nc1cc(CBr)cc(N2CCOCC2)c1. The van der Waals surface area contributed by atoms with Gasteiger partial charge in [0.15, 0.2) is 0 Å². The highest BCUT2D eigenvalue weighted by atomic mass is 79.9. The van der Waals surface area contributed by atoms with E-state index in [1.54, 1.807) is 0 Å². The van der Waals surface area contributed by atoms with E-state index in [1.807, 2.05) is 12.1 Å². The fraction of sp³-hybridized carbons (Fsp3) is 0.455. The zero-order valence-electron chi connectivity index (χ0n) is 8.58. The number of benzene rings is 1. The lowest BCUT2D eigenvalue weighted by Crippen LogP contribution is -2.36. The van der Waals surface area contributed by atoms with Gasteiger partial charge in [-0.15, -0.1) is 0 Å². The number of nitrogen functional groups attached to an aromatic ring is 1. The van der Waals surface area contributed by atoms with Gasteiger partial charge >= 0.3 is 0 Å². The third-order valence-electron chi connectivity index (χ3n) is 2.53. The topological polar surface area (TPSA) is 38.5 Å². The number of rotatable bonds is 2. The summed E-state index contributed by atoms with van der Waals surface area (Å²) in [5.74, 6) is 0. The lowest BCUT2D eigenvalue weighted by molar-refractivity contribution is 0.122. The Hall–Kier alpha value is -0.740. The van der Waals surface area contributed by atoms with Crippen molar-refractivity contribution >= 4 is 27.3 Å². The van der Waals surface area contributed by atoms with Crippen LogP contribution in [-0.2, 0) is 10.1 Å². The van der Waals surface area contributed by atoms with Crippen molar-refractivity contribution in [3.05, 3.63) is 23.8 Å². The molecule has 2 rings (SSSR count). The van der Waals surface area contributed by atoms with Gasteiger partial charge in [-0.2, -0.15) is 0 Å². The molecule has 15 heavy (non-hydrogen) atoms. The number of anilines is 2. The first kappa shape index (κ1) is 10.8. The van der Waals surface area contributed by atoms with Crippen LogP contribution in [0.1, 0.15) is 5.56 Å². The first-order valence-electron chi connectivity index (χ1n) is 5.07. The summed E-state index contributed by atoms with van der Waals surface area (Å²) in [6.45, 7) is 3.51. The molecule has 0 aliphatic carbocycles. The minimum atomic E-state index is 0.804. The maximum absolute atomic E-state index is 5.86. The van der Waals surface area contributed by atoms with Gasteiger partial charge in [-0.1, -0.05) is 15.9 Å².